The topological polar surface area (TPSA) is 41.3 Å². The van der Waals surface area contributed by atoms with Crippen LogP contribution in [0.2, 0.25) is 0 Å². The molecule has 102 valence electrons. The van der Waals surface area contributed by atoms with E-state index in [1.807, 2.05) is 14.1 Å². The first-order chi connectivity index (χ1) is 9.19. The van der Waals surface area contributed by atoms with E-state index >= 15 is 0 Å². The normalized spacial score (nSPS) is 11.2. The van der Waals surface area contributed by atoms with Crippen molar-refractivity contribution in [2.24, 2.45) is 0 Å². The molecule has 0 saturated carbocycles. The summed E-state index contributed by atoms with van der Waals surface area (Å²) in [6, 6.07) is 6.20. The summed E-state index contributed by atoms with van der Waals surface area (Å²) in [5.41, 5.74) is 0.832. The molecule has 1 N–H and O–H groups in total. The van der Waals surface area contributed by atoms with Gasteiger partial charge in [0.05, 0.1) is 12.7 Å². The van der Waals surface area contributed by atoms with E-state index in [0.29, 0.717) is 18.2 Å². The predicted molar refractivity (Wildman–Crippen MR) is 72.2 cm³/mol. The molecule has 0 atom stereocenters. The van der Waals surface area contributed by atoms with E-state index in [2.05, 4.69) is 15.2 Å². The number of hydrogen-bond donors (Lipinski definition) is 1. The molecule has 0 aliphatic carbocycles. The quantitative estimate of drug-likeness (QED) is 0.867. The number of halogens is 1. The number of benzene rings is 1. The molecule has 0 radical (unpaired) electrons. The predicted octanol–water partition coefficient (Wildman–Crippen LogP) is 2.13. The molecule has 1 aromatic carbocycles. The van der Waals surface area contributed by atoms with Crippen LogP contribution in [0.3, 0.4) is 0 Å². The van der Waals surface area contributed by atoms with Crippen molar-refractivity contribution in [1.29, 1.82) is 0 Å². The molecule has 0 spiro atoms. The Hall–Kier alpha value is -1.72. The molecule has 1 aromatic heterocycles. The van der Waals surface area contributed by atoms with Gasteiger partial charge in [0.1, 0.15) is 5.82 Å². The molecule has 2 aromatic rings. The first-order valence-electron chi connectivity index (χ1n) is 6.23. The Morgan fingerprint density at radius 3 is 2.74 bits per heavy atom. The van der Waals surface area contributed by atoms with Crippen molar-refractivity contribution in [3.8, 4) is 11.3 Å². The number of nitrogens with one attached hydrogen (secondary N) is 1. The van der Waals surface area contributed by atoms with E-state index in [1.165, 1.54) is 12.1 Å². The van der Waals surface area contributed by atoms with Crippen LogP contribution in [0.4, 0.5) is 4.39 Å². The van der Waals surface area contributed by atoms with Gasteiger partial charge >= 0.3 is 0 Å². The minimum absolute atomic E-state index is 0.254. The van der Waals surface area contributed by atoms with Crippen LogP contribution in [0.25, 0.3) is 11.3 Å². The average Bonchev–Trinajstić information content (AvgIpc) is 2.85. The first-order valence-corrected chi connectivity index (χ1v) is 6.23. The number of aromatic nitrogens is 1. The number of rotatable bonds is 6. The lowest BCUT2D eigenvalue weighted by molar-refractivity contribution is 0.291. The van der Waals surface area contributed by atoms with Crippen molar-refractivity contribution in [3.63, 3.8) is 0 Å². The van der Waals surface area contributed by atoms with Gasteiger partial charge in [-0.05, 0) is 38.4 Å². The fourth-order valence-corrected chi connectivity index (χ4v) is 1.74. The van der Waals surface area contributed by atoms with E-state index in [4.69, 9.17) is 4.42 Å². The summed E-state index contributed by atoms with van der Waals surface area (Å²) in [6.45, 7) is 2.50. The number of nitrogens with zero attached hydrogens (tertiary/aromatic N) is 2. The van der Waals surface area contributed by atoms with E-state index in [-0.39, 0.29) is 5.82 Å². The van der Waals surface area contributed by atoms with E-state index in [0.717, 1.165) is 18.7 Å². The zero-order valence-corrected chi connectivity index (χ0v) is 11.2. The summed E-state index contributed by atoms with van der Waals surface area (Å²) < 4.78 is 18.5. The number of oxazole rings is 1. The third-order valence-electron chi connectivity index (χ3n) is 2.83. The Balaban J connectivity index is 2.00. The highest BCUT2D eigenvalue weighted by Crippen LogP contribution is 2.20. The van der Waals surface area contributed by atoms with Crippen LogP contribution in [0.1, 0.15) is 5.89 Å². The van der Waals surface area contributed by atoms with Crippen LogP contribution in [-0.2, 0) is 6.54 Å². The van der Waals surface area contributed by atoms with E-state index < -0.39 is 0 Å². The van der Waals surface area contributed by atoms with Gasteiger partial charge in [0, 0.05) is 18.7 Å². The second kappa shape index (κ2) is 6.45. The monoisotopic (exact) mass is 263 g/mol. The maximum Gasteiger partial charge on any atom is 0.209 e. The second-order valence-corrected chi connectivity index (χ2v) is 4.47. The van der Waals surface area contributed by atoms with Crippen LogP contribution in [0.5, 0.6) is 0 Å². The van der Waals surface area contributed by atoms with Crippen molar-refractivity contribution in [2.75, 3.05) is 27.2 Å². The molecule has 0 unspecified atom stereocenters. The maximum absolute atomic E-state index is 12.8. The Labute approximate surface area is 112 Å². The van der Waals surface area contributed by atoms with Gasteiger partial charge in [-0.15, -0.1) is 0 Å². The minimum atomic E-state index is -0.254. The van der Waals surface area contributed by atoms with E-state index in [9.17, 15) is 4.39 Å². The summed E-state index contributed by atoms with van der Waals surface area (Å²) in [4.78, 5) is 6.36. The maximum atomic E-state index is 12.8. The molecule has 4 nitrogen and oxygen atoms in total. The van der Waals surface area contributed by atoms with Gasteiger partial charge in [0.15, 0.2) is 5.76 Å². The first kappa shape index (κ1) is 13.7. The van der Waals surface area contributed by atoms with E-state index in [1.54, 1.807) is 18.3 Å². The van der Waals surface area contributed by atoms with Crippen molar-refractivity contribution in [3.05, 3.63) is 42.2 Å². The van der Waals surface area contributed by atoms with Gasteiger partial charge in [-0.2, -0.15) is 0 Å². The molecule has 0 bridgehead atoms. The smallest absolute Gasteiger partial charge is 0.209 e. The average molecular weight is 263 g/mol. The molecule has 1 heterocycles. The lowest BCUT2D eigenvalue weighted by Gasteiger charge is -2.13. The second-order valence-electron chi connectivity index (χ2n) is 4.47. The summed E-state index contributed by atoms with van der Waals surface area (Å²) in [5.74, 6) is 1.07. The largest absolute Gasteiger partial charge is 0.439 e. The Morgan fingerprint density at radius 1 is 1.32 bits per heavy atom. The minimum Gasteiger partial charge on any atom is -0.439 e. The van der Waals surface area contributed by atoms with Gasteiger partial charge in [0.2, 0.25) is 5.89 Å². The lowest BCUT2D eigenvalue weighted by atomic mass is 10.2. The lowest BCUT2D eigenvalue weighted by Crippen LogP contribution is -2.27. The van der Waals surface area contributed by atoms with Crippen LogP contribution in [0.15, 0.2) is 34.9 Å². The Morgan fingerprint density at radius 2 is 2.05 bits per heavy atom. The molecule has 0 aliphatic rings. The number of hydrogen-bond acceptors (Lipinski definition) is 4. The highest BCUT2D eigenvalue weighted by Gasteiger charge is 2.08. The van der Waals surface area contributed by atoms with Gasteiger partial charge in [-0.1, -0.05) is 0 Å². The Kier molecular flexibility index (Phi) is 4.65. The van der Waals surface area contributed by atoms with Crippen LogP contribution < -0.4 is 5.32 Å². The van der Waals surface area contributed by atoms with Crippen molar-refractivity contribution < 1.29 is 8.81 Å². The summed E-state index contributed by atoms with van der Waals surface area (Å²) in [6.07, 6.45) is 1.68. The van der Waals surface area contributed by atoms with Crippen LogP contribution >= 0.6 is 0 Å². The molecular weight excluding hydrogens is 245 g/mol. The van der Waals surface area contributed by atoms with Gasteiger partial charge in [-0.3, -0.25) is 4.90 Å². The summed E-state index contributed by atoms with van der Waals surface area (Å²) in [5, 5.41) is 3.09. The molecular formula is C14H18FN3O. The highest BCUT2D eigenvalue weighted by molar-refractivity contribution is 5.55. The standard InChI is InChI=1S/C14H18FN3O/c1-16-7-8-18(2)10-14-17-9-13(19-14)11-3-5-12(15)6-4-11/h3-6,9,16H,7-8,10H2,1-2H3. The highest BCUT2D eigenvalue weighted by atomic mass is 19.1. The SMILES string of the molecule is CNCCN(C)Cc1ncc(-c2ccc(F)cc2)o1. The molecule has 5 heteroatoms. The third-order valence-corrected chi connectivity index (χ3v) is 2.83. The van der Waals surface area contributed by atoms with Gasteiger partial charge < -0.3 is 9.73 Å². The molecule has 0 saturated heterocycles. The zero-order chi connectivity index (χ0) is 13.7. The van der Waals surface area contributed by atoms with Gasteiger partial charge in [0.25, 0.3) is 0 Å². The molecule has 0 amide bonds. The van der Waals surface area contributed by atoms with Crippen molar-refractivity contribution >= 4 is 0 Å². The van der Waals surface area contributed by atoms with Crippen LogP contribution in [-0.4, -0.2) is 37.1 Å². The zero-order valence-electron chi connectivity index (χ0n) is 11.2. The fraction of sp³-hybridized carbons (Fsp3) is 0.357. The summed E-state index contributed by atoms with van der Waals surface area (Å²) in [7, 11) is 3.94. The fourth-order valence-electron chi connectivity index (χ4n) is 1.74. The van der Waals surface area contributed by atoms with Gasteiger partial charge in [-0.25, -0.2) is 9.37 Å². The van der Waals surface area contributed by atoms with Crippen molar-refractivity contribution in [2.45, 2.75) is 6.54 Å². The summed E-state index contributed by atoms with van der Waals surface area (Å²) >= 11 is 0. The molecule has 19 heavy (non-hydrogen) atoms. The third kappa shape index (κ3) is 3.87. The molecule has 0 fully saturated rings. The molecule has 2 rings (SSSR count). The number of likely N-dealkylation sites (N-methyl/N-ethyl adjacent to an activating group) is 2. The van der Waals surface area contributed by atoms with Crippen LogP contribution in [0, 0.1) is 5.82 Å². The Bertz CT molecular complexity index is 510. The van der Waals surface area contributed by atoms with Crippen molar-refractivity contribution in [1.82, 2.24) is 15.2 Å². The molecule has 0 aliphatic heterocycles.